The van der Waals surface area contributed by atoms with Crippen LogP contribution in [0.2, 0.25) is 0 Å². The molecule has 0 saturated carbocycles. The molecule has 20 heavy (non-hydrogen) atoms. The van der Waals surface area contributed by atoms with Crippen LogP contribution in [0.5, 0.6) is 5.75 Å². The number of ether oxygens (including phenoxy) is 1. The molecule has 3 N–H and O–H groups in total. The maximum Gasteiger partial charge on any atom is 0.170 e. The zero-order valence-corrected chi connectivity index (χ0v) is 12.7. The summed E-state index contributed by atoms with van der Waals surface area (Å²) in [4.78, 5) is 2.41. The maximum atomic E-state index is 8.78. The third-order valence-corrected chi connectivity index (χ3v) is 4.54. The largest absolute Gasteiger partial charge is 0.496 e. The fraction of sp³-hybridized carbons (Fsp3) is 0.500. The highest BCUT2D eigenvalue weighted by molar-refractivity contribution is 7.99. The molecule has 5 nitrogen and oxygen atoms in total. The van der Waals surface area contributed by atoms with Gasteiger partial charge in [0, 0.05) is 41.8 Å². The molecule has 1 atom stereocenters. The Bertz CT molecular complexity index is 493. The number of amidine groups is 1. The van der Waals surface area contributed by atoms with E-state index in [9.17, 15) is 0 Å². The zero-order chi connectivity index (χ0) is 14.5. The van der Waals surface area contributed by atoms with Gasteiger partial charge in [-0.3, -0.25) is 4.90 Å². The van der Waals surface area contributed by atoms with E-state index in [4.69, 9.17) is 15.7 Å². The average molecular weight is 295 g/mol. The van der Waals surface area contributed by atoms with Gasteiger partial charge in [-0.05, 0) is 18.2 Å². The monoisotopic (exact) mass is 295 g/mol. The molecule has 1 aliphatic heterocycles. The zero-order valence-electron chi connectivity index (χ0n) is 11.9. The van der Waals surface area contributed by atoms with Crippen molar-refractivity contribution in [1.82, 2.24) is 4.90 Å². The first kappa shape index (κ1) is 15.0. The third kappa shape index (κ3) is 3.58. The molecule has 0 radical (unpaired) electrons. The van der Waals surface area contributed by atoms with Gasteiger partial charge in [-0.2, -0.15) is 11.8 Å². The summed E-state index contributed by atoms with van der Waals surface area (Å²) in [6, 6.07) is 5.59. The predicted octanol–water partition coefficient (Wildman–Crippen LogP) is 1.73. The molecular weight excluding hydrogens is 274 g/mol. The molecule has 1 saturated heterocycles. The van der Waals surface area contributed by atoms with Gasteiger partial charge in [0.2, 0.25) is 0 Å². The predicted molar refractivity (Wildman–Crippen MR) is 82.7 cm³/mol. The lowest BCUT2D eigenvalue weighted by Gasteiger charge is -2.30. The highest BCUT2D eigenvalue weighted by atomic mass is 32.2. The van der Waals surface area contributed by atoms with Crippen LogP contribution < -0.4 is 10.5 Å². The van der Waals surface area contributed by atoms with Crippen LogP contribution in [0.1, 0.15) is 18.1 Å². The summed E-state index contributed by atoms with van der Waals surface area (Å²) in [5.41, 5.74) is 7.43. The van der Waals surface area contributed by atoms with Gasteiger partial charge in [0.25, 0.3) is 0 Å². The first-order chi connectivity index (χ1) is 9.63. The molecule has 1 heterocycles. The Labute approximate surface area is 123 Å². The minimum absolute atomic E-state index is 0.122. The van der Waals surface area contributed by atoms with Gasteiger partial charge < -0.3 is 15.7 Å². The summed E-state index contributed by atoms with van der Waals surface area (Å²) in [5, 5.41) is 12.5. The Morgan fingerprint density at radius 1 is 1.60 bits per heavy atom. The van der Waals surface area contributed by atoms with E-state index in [1.165, 1.54) is 0 Å². The molecule has 1 aromatic rings. The highest BCUT2D eigenvalue weighted by Crippen LogP contribution is 2.25. The second-order valence-corrected chi connectivity index (χ2v) is 6.47. The van der Waals surface area contributed by atoms with Crippen molar-refractivity contribution in [2.24, 2.45) is 10.9 Å². The van der Waals surface area contributed by atoms with Crippen LogP contribution in [0.3, 0.4) is 0 Å². The maximum absolute atomic E-state index is 8.78. The van der Waals surface area contributed by atoms with Crippen molar-refractivity contribution in [2.75, 3.05) is 26.0 Å². The van der Waals surface area contributed by atoms with Crippen LogP contribution in [0, 0.1) is 0 Å². The number of hydrogen-bond acceptors (Lipinski definition) is 5. The first-order valence-corrected chi connectivity index (χ1v) is 7.67. The normalized spacial score (nSPS) is 20.9. The topological polar surface area (TPSA) is 71.1 Å². The summed E-state index contributed by atoms with van der Waals surface area (Å²) in [7, 11) is 1.66. The van der Waals surface area contributed by atoms with Crippen LogP contribution in [0.25, 0.3) is 0 Å². The summed E-state index contributed by atoms with van der Waals surface area (Å²) in [6.45, 7) is 5.22. The summed E-state index contributed by atoms with van der Waals surface area (Å²) in [6.07, 6.45) is 0. The Balaban J connectivity index is 2.19. The third-order valence-electron chi connectivity index (χ3n) is 3.40. The van der Waals surface area contributed by atoms with Gasteiger partial charge in [-0.25, -0.2) is 0 Å². The van der Waals surface area contributed by atoms with Crippen molar-refractivity contribution >= 4 is 17.6 Å². The molecule has 1 unspecified atom stereocenters. The number of rotatable bonds is 4. The van der Waals surface area contributed by atoms with E-state index in [1.54, 1.807) is 13.2 Å². The van der Waals surface area contributed by atoms with Crippen LogP contribution in [-0.2, 0) is 6.54 Å². The summed E-state index contributed by atoms with van der Waals surface area (Å²) in [5.74, 6) is 2.12. The van der Waals surface area contributed by atoms with Crippen molar-refractivity contribution < 1.29 is 9.94 Å². The quantitative estimate of drug-likeness (QED) is 0.383. The van der Waals surface area contributed by atoms with E-state index in [-0.39, 0.29) is 5.84 Å². The number of oxime groups is 1. The Hall–Kier alpha value is -1.40. The SMILES string of the molecule is COc1ccc(/C(N)=N/O)cc1CN1CCSC(C)C1. The molecule has 2 rings (SSSR count). The van der Waals surface area contributed by atoms with Crippen molar-refractivity contribution in [3.05, 3.63) is 29.3 Å². The number of hydrogen-bond donors (Lipinski definition) is 2. The molecule has 0 aromatic heterocycles. The van der Waals surface area contributed by atoms with Gasteiger partial charge >= 0.3 is 0 Å². The van der Waals surface area contributed by atoms with Crippen LogP contribution in [0.15, 0.2) is 23.4 Å². The van der Waals surface area contributed by atoms with Gasteiger partial charge in [0.05, 0.1) is 7.11 Å². The van der Waals surface area contributed by atoms with E-state index in [0.717, 1.165) is 36.7 Å². The minimum atomic E-state index is 0.122. The van der Waals surface area contributed by atoms with Crippen molar-refractivity contribution in [3.8, 4) is 5.75 Å². The number of nitrogens with two attached hydrogens (primary N) is 1. The van der Waals surface area contributed by atoms with Crippen LogP contribution >= 0.6 is 11.8 Å². The molecule has 1 aliphatic rings. The van der Waals surface area contributed by atoms with E-state index in [1.807, 2.05) is 23.9 Å². The molecule has 0 aliphatic carbocycles. The Morgan fingerprint density at radius 2 is 2.40 bits per heavy atom. The molecule has 110 valence electrons. The van der Waals surface area contributed by atoms with Gasteiger partial charge in [-0.15, -0.1) is 0 Å². The molecular formula is C14H21N3O2S. The molecule has 1 aromatic carbocycles. The lowest BCUT2D eigenvalue weighted by molar-refractivity contribution is 0.273. The van der Waals surface area contributed by atoms with E-state index in [2.05, 4.69) is 17.0 Å². The van der Waals surface area contributed by atoms with E-state index >= 15 is 0 Å². The van der Waals surface area contributed by atoms with Gasteiger partial charge in [0.15, 0.2) is 5.84 Å². The second-order valence-electron chi connectivity index (χ2n) is 4.93. The lowest BCUT2D eigenvalue weighted by atomic mass is 10.1. The first-order valence-electron chi connectivity index (χ1n) is 6.62. The van der Waals surface area contributed by atoms with E-state index in [0.29, 0.717) is 10.8 Å². The van der Waals surface area contributed by atoms with E-state index < -0.39 is 0 Å². The smallest absolute Gasteiger partial charge is 0.170 e. The average Bonchev–Trinajstić information content (AvgIpc) is 2.46. The number of methoxy groups -OCH3 is 1. The van der Waals surface area contributed by atoms with Gasteiger partial charge in [-0.1, -0.05) is 12.1 Å². The summed E-state index contributed by atoms with van der Waals surface area (Å²) < 4.78 is 5.41. The number of nitrogens with zero attached hydrogens (tertiary/aromatic N) is 2. The van der Waals surface area contributed by atoms with Crippen LogP contribution in [-0.4, -0.2) is 47.1 Å². The fourth-order valence-corrected chi connectivity index (χ4v) is 3.48. The molecule has 0 bridgehead atoms. The summed E-state index contributed by atoms with van der Waals surface area (Å²) >= 11 is 2.01. The highest BCUT2D eigenvalue weighted by Gasteiger charge is 2.18. The molecule has 0 spiro atoms. The fourth-order valence-electron chi connectivity index (χ4n) is 2.39. The Morgan fingerprint density at radius 3 is 3.05 bits per heavy atom. The van der Waals surface area contributed by atoms with Crippen LogP contribution in [0.4, 0.5) is 0 Å². The second kappa shape index (κ2) is 6.85. The standard InChI is InChI=1S/C14H21N3O2S/c1-10-8-17(5-6-20-10)9-12-7-11(14(15)16-18)3-4-13(12)19-2/h3-4,7,10,18H,5-6,8-9H2,1-2H3,(H2,15,16). The molecule has 1 fully saturated rings. The van der Waals surface area contributed by atoms with Gasteiger partial charge in [0.1, 0.15) is 5.75 Å². The number of thioether (sulfide) groups is 1. The lowest BCUT2D eigenvalue weighted by Crippen LogP contribution is -2.36. The van der Waals surface area contributed by atoms with Crippen molar-refractivity contribution in [1.29, 1.82) is 0 Å². The molecule has 0 amide bonds. The minimum Gasteiger partial charge on any atom is -0.496 e. The van der Waals surface area contributed by atoms with Crippen molar-refractivity contribution in [3.63, 3.8) is 0 Å². The van der Waals surface area contributed by atoms with Crippen molar-refractivity contribution in [2.45, 2.75) is 18.7 Å². The Kier molecular flexibility index (Phi) is 5.14. The number of benzene rings is 1. The molecule has 6 heteroatoms.